The predicted molar refractivity (Wildman–Crippen MR) is 137 cm³/mol. The van der Waals surface area contributed by atoms with Crippen molar-refractivity contribution in [3.05, 3.63) is 60.0 Å². The molecule has 1 N–H and O–H groups in total. The molecule has 2 heterocycles. The van der Waals surface area contributed by atoms with E-state index in [4.69, 9.17) is 4.42 Å². The maximum atomic E-state index is 13.1. The van der Waals surface area contributed by atoms with Gasteiger partial charge in [-0.1, -0.05) is 32.0 Å². The summed E-state index contributed by atoms with van der Waals surface area (Å²) in [6, 6.07) is 14.5. The fraction of sp³-hybridized carbons (Fsp3) is 0.385. The molecule has 8 nitrogen and oxygen atoms in total. The molecule has 1 aliphatic heterocycles. The molecule has 0 spiro atoms. The third-order valence-electron chi connectivity index (χ3n) is 6.27. The molecule has 35 heavy (non-hydrogen) atoms. The Morgan fingerprint density at radius 1 is 1.09 bits per heavy atom. The zero-order valence-corrected chi connectivity index (χ0v) is 21.3. The van der Waals surface area contributed by atoms with Gasteiger partial charge in [0.25, 0.3) is 0 Å². The van der Waals surface area contributed by atoms with Gasteiger partial charge in [0.15, 0.2) is 0 Å². The van der Waals surface area contributed by atoms with Crippen molar-refractivity contribution in [1.29, 1.82) is 0 Å². The maximum absolute atomic E-state index is 13.1. The molecule has 186 valence electrons. The van der Waals surface area contributed by atoms with Crippen molar-refractivity contribution >= 4 is 27.3 Å². The van der Waals surface area contributed by atoms with Gasteiger partial charge in [-0.2, -0.15) is 4.31 Å². The molecule has 1 amide bonds. The van der Waals surface area contributed by atoms with E-state index < -0.39 is 10.0 Å². The molecule has 1 aliphatic rings. The molecule has 0 bridgehead atoms. The van der Waals surface area contributed by atoms with Crippen LogP contribution >= 0.6 is 0 Å². The summed E-state index contributed by atoms with van der Waals surface area (Å²) in [5, 5.41) is 2.95. The van der Waals surface area contributed by atoms with Crippen molar-refractivity contribution < 1.29 is 17.6 Å². The van der Waals surface area contributed by atoms with Gasteiger partial charge in [-0.05, 0) is 50.1 Å². The van der Waals surface area contributed by atoms with Crippen LogP contribution in [0.25, 0.3) is 11.5 Å². The minimum atomic E-state index is -3.66. The summed E-state index contributed by atoms with van der Waals surface area (Å²) < 4.78 is 33.4. The van der Waals surface area contributed by atoms with E-state index in [1.54, 1.807) is 25.1 Å². The van der Waals surface area contributed by atoms with E-state index in [-0.39, 0.29) is 17.2 Å². The smallest absolute Gasteiger partial charge is 0.243 e. The summed E-state index contributed by atoms with van der Waals surface area (Å²) >= 11 is 0. The lowest BCUT2D eigenvalue weighted by Gasteiger charge is -2.24. The minimum absolute atomic E-state index is 0.0224. The SMILES string of the molecule is CCN(CC)S(=O)(=O)c1ccc(N2CCCC2)c(NC(=O)Cc2nc(-c3ccccc3)oc2C)c1. The second-order valence-corrected chi connectivity index (χ2v) is 10.5. The van der Waals surface area contributed by atoms with Crippen molar-refractivity contribution in [2.45, 2.75) is 44.9 Å². The highest BCUT2D eigenvalue weighted by Gasteiger charge is 2.25. The molecule has 0 atom stereocenters. The maximum Gasteiger partial charge on any atom is 0.243 e. The Labute approximate surface area is 207 Å². The first-order valence-electron chi connectivity index (χ1n) is 12.0. The number of carbonyl (C=O) groups excluding carboxylic acids is 1. The fourth-order valence-electron chi connectivity index (χ4n) is 4.36. The van der Waals surface area contributed by atoms with Gasteiger partial charge in [0.2, 0.25) is 21.8 Å². The van der Waals surface area contributed by atoms with Crippen molar-refractivity contribution in [1.82, 2.24) is 9.29 Å². The van der Waals surface area contributed by atoms with E-state index in [2.05, 4.69) is 15.2 Å². The number of oxazole rings is 1. The second-order valence-electron chi connectivity index (χ2n) is 8.58. The summed E-state index contributed by atoms with van der Waals surface area (Å²) in [5.74, 6) is 0.770. The number of aromatic nitrogens is 1. The van der Waals surface area contributed by atoms with Gasteiger partial charge < -0.3 is 14.6 Å². The third-order valence-corrected chi connectivity index (χ3v) is 8.32. The Balaban J connectivity index is 1.60. The lowest BCUT2D eigenvalue weighted by Crippen LogP contribution is -2.31. The number of sulfonamides is 1. The molecule has 4 rings (SSSR count). The fourth-order valence-corrected chi connectivity index (χ4v) is 5.85. The number of amides is 1. The van der Waals surface area contributed by atoms with Gasteiger partial charge in [-0.25, -0.2) is 13.4 Å². The van der Waals surface area contributed by atoms with E-state index in [9.17, 15) is 13.2 Å². The summed E-state index contributed by atoms with van der Waals surface area (Å²) in [7, 11) is -3.66. The van der Waals surface area contributed by atoms with Gasteiger partial charge in [0.05, 0.1) is 28.4 Å². The lowest BCUT2D eigenvalue weighted by molar-refractivity contribution is -0.115. The molecule has 1 aromatic heterocycles. The summed E-state index contributed by atoms with van der Waals surface area (Å²) in [6.45, 7) is 7.91. The van der Waals surface area contributed by atoms with Crippen LogP contribution in [0.4, 0.5) is 11.4 Å². The van der Waals surface area contributed by atoms with Gasteiger partial charge in [0.1, 0.15) is 5.76 Å². The number of anilines is 2. The largest absolute Gasteiger partial charge is 0.441 e. The lowest BCUT2D eigenvalue weighted by atomic mass is 10.2. The number of nitrogens with one attached hydrogen (secondary N) is 1. The summed E-state index contributed by atoms with van der Waals surface area (Å²) in [6.07, 6.45) is 2.15. The summed E-state index contributed by atoms with van der Waals surface area (Å²) in [5.41, 5.74) is 2.72. The molecule has 0 saturated carbocycles. The van der Waals surface area contributed by atoms with E-state index in [1.165, 1.54) is 4.31 Å². The zero-order chi connectivity index (χ0) is 25.0. The van der Waals surface area contributed by atoms with E-state index in [1.807, 2.05) is 44.2 Å². The standard InChI is InChI=1S/C26H32N4O4S/c1-4-30(5-2)35(32,33)21-13-14-24(29-15-9-10-16-29)23(17-21)27-25(31)18-22-19(3)34-26(28-22)20-11-7-6-8-12-20/h6-8,11-14,17H,4-5,9-10,15-16,18H2,1-3H3,(H,27,31). The average Bonchev–Trinajstić information content (AvgIpc) is 3.51. The highest BCUT2D eigenvalue weighted by molar-refractivity contribution is 7.89. The number of aryl methyl sites for hydroxylation is 1. The Hall–Kier alpha value is -3.17. The first kappa shape index (κ1) is 24.9. The number of rotatable bonds is 9. The van der Waals surface area contributed by atoms with Crippen LogP contribution < -0.4 is 10.2 Å². The van der Waals surface area contributed by atoms with E-state index in [0.717, 1.165) is 37.2 Å². The topological polar surface area (TPSA) is 95.8 Å². The van der Waals surface area contributed by atoms with Crippen molar-refractivity contribution in [3.8, 4) is 11.5 Å². The Bertz CT molecular complexity index is 1280. The van der Waals surface area contributed by atoms with Gasteiger partial charge >= 0.3 is 0 Å². The van der Waals surface area contributed by atoms with Crippen LogP contribution in [-0.4, -0.2) is 49.8 Å². The van der Waals surface area contributed by atoms with Gasteiger partial charge in [0, 0.05) is 31.7 Å². The molecule has 0 unspecified atom stereocenters. The highest BCUT2D eigenvalue weighted by atomic mass is 32.2. The Morgan fingerprint density at radius 2 is 1.77 bits per heavy atom. The molecule has 0 aliphatic carbocycles. The molecule has 0 radical (unpaired) electrons. The monoisotopic (exact) mass is 496 g/mol. The second kappa shape index (κ2) is 10.6. The molecule has 1 saturated heterocycles. The predicted octanol–water partition coefficient (Wildman–Crippen LogP) is 4.46. The number of nitrogens with zero attached hydrogens (tertiary/aromatic N) is 3. The van der Waals surface area contributed by atoms with Crippen LogP contribution in [0.3, 0.4) is 0 Å². The quantitative estimate of drug-likeness (QED) is 0.470. The molecule has 3 aromatic rings. The molecule has 1 fully saturated rings. The number of hydrogen-bond acceptors (Lipinski definition) is 6. The zero-order valence-electron chi connectivity index (χ0n) is 20.5. The average molecular weight is 497 g/mol. The first-order chi connectivity index (χ1) is 16.8. The van der Waals surface area contributed by atoms with Crippen LogP contribution in [0.5, 0.6) is 0 Å². The van der Waals surface area contributed by atoms with Crippen molar-refractivity contribution in [2.24, 2.45) is 0 Å². The van der Waals surface area contributed by atoms with Crippen molar-refractivity contribution in [3.63, 3.8) is 0 Å². The van der Waals surface area contributed by atoms with Crippen LogP contribution in [0.15, 0.2) is 57.8 Å². The van der Waals surface area contributed by atoms with Crippen LogP contribution in [0.2, 0.25) is 0 Å². The minimum Gasteiger partial charge on any atom is -0.441 e. The van der Waals surface area contributed by atoms with Crippen LogP contribution in [0.1, 0.15) is 38.1 Å². The number of carbonyl (C=O) groups is 1. The Kier molecular flexibility index (Phi) is 7.57. The van der Waals surface area contributed by atoms with E-state index >= 15 is 0 Å². The van der Waals surface area contributed by atoms with Crippen LogP contribution in [0, 0.1) is 6.92 Å². The molecule has 2 aromatic carbocycles. The van der Waals surface area contributed by atoms with Gasteiger partial charge in [-0.15, -0.1) is 0 Å². The van der Waals surface area contributed by atoms with E-state index in [0.29, 0.717) is 36.1 Å². The molecule has 9 heteroatoms. The highest BCUT2D eigenvalue weighted by Crippen LogP contribution is 2.32. The normalized spacial score (nSPS) is 14.0. The summed E-state index contributed by atoms with van der Waals surface area (Å²) in [4.78, 5) is 20.0. The number of hydrogen-bond donors (Lipinski definition) is 1. The third kappa shape index (κ3) is 5.41. The Morgan fingerprint density at radius 3 is 2.43 bits per heavy atom. The first-order valence-corrected chi connectivity index (χ1v) is 13.5. The molecular weight excluding hydrogens is 464 g/mol. The van der Waals surface area contributed by atoms with Gasteiger partial charge in [-0.3, -0.25) is 4.79 Å². The molecular formula is C26H32N4O4S. The van der Waals surface area contributed by atoms with Crippen molar-refractivity contribution in [2.75, 3.05) is 36.4 Å². The van der Waals surface area contributed by atoms with Crippen LogP contribution in [-0.2, 0) is 21.2 Å². The number of benzene rings is 2.